The van der Waals surface area contributed by atoms with Crippen LogP contribution in [-0.4, -0.2) is 23.9 Å². The van der Waals surface area contributed by atoms with Crippen molar-refractivity contribution in [3.63, 3.8) is 0 Å². The largest absolute Gasteiger partial charge is 0.458 e. The van der Waals surface area contributed by atoms with E-state index in [1.807, 2.05) is 13.0 Å². The lowest BCUT2D eigenvalue weighted by Crippen LogP contribution is -2.34. The summed E-state index contributed by atoms with van der Waals surface area (Å²) >= 11 is 6.19. The Morgan fingerprint density at radius 3 is 2.35 bits per heavy atom. The Bertz CT molecular complexity index is 1230. The van der Waals surface area contributed by atoms with E-state index in [0.29, 0.717) is 22.2 Å². The molecule has 3 nitrogen and oxygen atoms in total. The van der Waals surface area contributed by atoms with Crippen LogP contribution in [0, 0.1) is 5.92 Å². The number of alkyl halides is 5. The Labute approximate surface area is 217 Å². The Morgan fingerprint density at radius 2 is 1.68 bits per heavy atom. The molecule has 0 aromatic heterocycles. The maximum atomic E-state index is 14.0. The molecule has 0 radical (unpaired) electrons. The second-order valence-electron chi connectivity index (χ2n) is 9.26. The molecule has 0 heterocycles. The van der Waals surface area contributed by atoms with Crippen LogP contribution >= 0.6 is 11.6 Å². The fourth-order valence-electron chi connectivity index (χ4n) is 4.13. The van der Waals surface area contributed by atoms with E-state index in [9.17, 15) is 27.1 Å². The zero-order valence-corrected chi connectivity index (χ0v) is 20.9. The average Bonchev–Trinajstić information content (AvgIpc) is 3.70. The van der Waals surface area contributed by atoms with Crippen molar-refractivity contribution in [3.8, 4) is 11.5 Å². The minimum atomic E-state index is -5.70. The summed E-state index contributed by atoms with van der Waals surface area (Å²) in [6.45, 7) is 2.19. The van der Waals surface area contributed by atoms with E-state index in [4.69, 9.17) is 16.3 Å². The van der Waals surface area contributed by atoms with Crippen molar-refractivity contribution in [1.82, 2.24) is 0 Å². The van der Waals surface area contributed by atoms with Crippen molar-refractivity contribution in [3.05, 3.63) is 88.4 Å². The number of halogens is 6. The fourth-order valence-corrected chi connectivity index (χ4v) is 4.38. The predicted molar refractivity (Wildman–Crippen MR) is 134 cm³/mol. The van der Waals surface area contributed by atoms with Gasteiger partial charge in [0.25, 0.3) is 0 Å². The minimum absolute atomic E-state index is 0.0237. The number of ether oxygens (including phenoxy) is 1. The van der Waals surface area contributed by atoms with Crippen LogP contribution in [0.25, 0.3) is 0 Å². The molecule has 0 aliphatic heterocycles. The molecule has 1 N–H and O–H groups in total. The number of nitrogens with zero attached hydrogens (tertiary/aromatic N) is 1. The third kappa shape index (κ3) is 6.54. The highest BCUT2D eigenvalue weighted by molar-refractivity contribution is 6.31. The molecule has 1 aliphatic rings. The highest BCUT2D eigenvalue weighted by Crippen LogP contribution is 2.44. The second-order valence-corrected chi connectivity index (χ2v) is 9.67. The van der Waals surface area contributed by atoms with Crippen LogP contribution in [0.3, 0.4) is 0 Å². The van der Waals surface area contributed by atoms with Crippen molar-refractivity contribution in [2.45, 2.75) is 50.9 Å². The van der Waals surface area contributed by atoms with Crippen molar-refractivity contribution in [2.75, 3.05) is 11.4 Å². The van der Waals surface area contributed by atoms with Crippen LogP contribution in [-0.2, 0) is 18.9 Å². The van der Waals surface area contributed by atoms with Gasteiger partial charge in [-0.25, -0.2) is 0 Å². The molecule has 4 rings (SSSR count). The third-order valence-electron chi connectivity index (χ3n) is 6.41. The number of aliphatic hydroxyl groups excluding tert-OH is 1. The summed E-state index contributed by atoms with van der Waals surface area (Å²) in [5.74, 6) is -3.73. The fraction of sp³-hybridized carbons (Fsp3) is 0.357. The lowest BCUT2D eigenvalue weighted by Gasteiger charge is -2.28. The molecule has 0 spiro atoms. The molecule has 0 bridgehead atoms. The number of aliphatic hydroxyl groups is 1. The third-order valence-corrected chi connectivity index (χ3v) is 6.78. The molecule has 3 aromatic carbocycles. The highest BCUT2D eigenvalue weighted by Gasteiger charge is 2.58. The second kappa shape index (κ2) is 10.9. The molecule has 0 saturated heterocycles. The monoisotopic (exact) mass is 539 g/mol. The highest BCUT2D eigenvalue weighted by atomic mass is 35.5. The van der Waals surface area contributed by atoms with E-state index in [0.717, 1.165) is 37.0 Å². The standard InChI is InChI=1S/C28H27ClF5NO2/c1-2-19-14-24(11-12-25(19)29)37-23-8-4-7-22(15-23)35(17-26(36)20-9-10-20)16-18-5-3-6-21(13-18)27(30,31)28(32,33)34/h3-8,11-15,20,26,36H,2,9-10,16-17H2,1H3. The van der Waals surface area contributed by atoms with E-state index in [2.05, 4.69) is 0 Å². The number of hydrogen-bond acceptors (Lipinski definition) is 3. The van der Waals surface area contributed by atoms with Crippen LogP contribution in [0.1, 0.15) is 36.5 Å². The Hall–Kier alpha value is -2.84. The van der Waals surface area contributed by atoms with Crippen molar-refractivity contribution in [1.29, 1.82) is 0 Å². The summed E-state index contributed by atoms with van der Waals surface area (Å²) in [4.78, 5) is 1.76. The number of anilines is 1. The lowest BCUT2D eigenvalue weighted by atomic mass is 10.0. The Kier molecular flexibility index (Phi) is 7.99. The zero-order chi connectivity index (χ0) is 26.8. The van der Waals surface area contributed by atoms with Gasteiger partial charge in [-0.15, -0.1) is 0 Å². The minimum Gasteiger partial charge on any atom is -0.457 e. The molecule has 1 fully saturated rings. The summed E-state index contributed by atoms with van der Waals surface area (Å²) in [5.41, 5.74) is 0.711. The summed E-state index contributed by atoms with van der Waals surface area (Å²) in [7, 11) is 0. The lowest BCUT2D eigenvalue weighted by molar-refractivity contribution is -0.289. The number of aryl methyl sites for hydroxylation is 1. The molecular weight excluding hydrogens is 513 g/mol. The number of benzene rings is 3. The molecule has 0 amide bonds. The quantitative estimate of drug-likeness (QED) is 0.264. The van der Waals surface area contributed by atoms with Gasteiger partial charge in [-0.2, -0.15) is 22.0 Å². The van der Waals surface area contributed by atoms with Crippen LogP contribution in [0.2, 0.25) is 5.02 Å². The van der Waals surface area contributed by atoms with Gasteiger partial charge in [-0.1, -0.05) is 42.8 Å². The van der Waals surface area contributed by atoms with Crippen LogP contribution in [0.15, 0.2) is 66.7 Å². The number of rotatable bonds is 10. The first-order chi connectivity index (χ1) is 17.5. The predicted octanol–water partition coefficient (Wildman–Crippen LogP) is 8.13. The molecule has 1 unspecified atom stereocenters. The van der Waals surface area contributed by atoms with E-state index in [1.165, 1.54) is 12.1 Å². The maximum Gasteiger partial charge on any atom is 0.458 e. The first kappa shape index (κ1) is 27.2. The number of hydrogen-bond donors (Lipinski definition) is 1. The topological polar surface area (TPSA) is 32.7 Å². The molecule has 3 aromatic rings. The van der Waals surface area contributed by atoms with Crippen molar-refractivity contribution >= 4 is 17.3 Å². The maximum absolute atomic E-state index is 14.0. The van der Waals surface area contributed by atoms with E-state index >= 15 is 0 Å². The van der Waals surface area contributed by atoms with Gasteiger partial charge < -0.3 is 14.7 Å². The molecule has 1 saturated carbocycles. The van der Waals surface area contributed by atoms with E-state index in [-0.39, 0.29) is 24.6 Å². The Morgan fingerprint density at radius 1 is 0.973 bits per heavy atom. The van der Waals surface area contributed by atoms with Crippen molar-refractivity contribution in [2.24, 2.45) is 5.92 Å². The van der Waals surface area contributed by atoms with Gasteiger partial charge in [-0.05, 0) is 72.7 Å². The first-order valence-corrected chi connectivity index (χ1v) is 12.4. The molecular formula is C28H27ClF5NO2. The van der Waals surface area contributed by atoms with Crippen LogP contribution in [0.4, 0.5) is 27.6 Å². The van der Waals surface area contributed by atoms with Crippen LogP contribution < -0.4 is 9.64 Å². The normalized spacial score (nSPS) is 14.9. The van der Waals surface area contributed by atoms with Crippen molar-refractivity contribution < 1.29 is 31.8 Å². The van der Waals surface area contributed by atoms with Gasteiger partial charge >= 0.3 is 12.1 Å². The zero-order valence-electron chi connectivity index (χ0n) is 20.1. The summed E-state index contributed by atoms with van der Waals surface area (Å²) in [6, 6.07) is 16.7. The van der Waals surface area contributed by atoms with Gasteiger partial charge in [-0.3, -0.25) is 0 Å². The molecule has 1 aliphatic carbocycles. The van der Waals surface area contributed by atoms with Gasteiger partial charge in [0.05, 0.1) is 6.10 Å². The SMILES string of the molecule is CCc1cc(Oc2cccc(N(Cc3cccc(C(F)(F)C(F)(F)F)c3)CC(O)C3CC3)c2)ccc1Cl. The summed E-state index contributed by atoms with van der Waals surface area (Å²) in [6.07, 6.45) is -3.84. The summed E-state index contributed by atoms with van der Waals surface area (Å²) < 4.78 is 72.7. The molecule has 198 valence electrons. The van der Waals surface area contributed by atoms with Gasteiger partial charge in [0.15, 0.2) is 0 Å². The molecule has 37 heavy (non-hydrogen) atoms. The van der Waals surface area contributed by atoms with Crippen LogP contribution in [0.5, 0.6) is 11.5 Å². The first-order valence-electron chi connectivity index (χ1n) is 12.0. The average molecular weight is 540 g/mol. The van der Waals surface area contributed by atoms with E-state index < -0.39 is 23.8 Å². The van der Waals surface area contributed by atoms with E-state index in [1.54, 1.807) is 41.3 Å². The molecule has 1 atom stereocenters. The Balaban J connectivity index is 1.61. The smallest absolute Gasteiger partial charge is 0.457 e. The molecule has 9 heteroatoms. The van der Waals surface area contributed by atoms with Gasteiger partial charge in [0.1, 0.15) is 11.5 Å². The van der Waals surface area contributed by atoms with Gasteiger partial charge in [0, 0.05) is 35.4 Å². The van der Waals surface area contributed by atoms with Gasteiger partial charge in [0.2, 0.25) is 0 Å². The summed E-state index contributed by atoms with van der Waals surface area (Å²) in [5, 5.41) is 11.3.